The molecule has 0 aliphatic carbocycles. The van der Waals surface area contributed by atoms with Gasteiger partial charge in [0, 0.05) is 6.42 Å². The molecule has 0 saturated heterocycles. The van der Waals surface area contributed by atoms with Gasteiger partial charge in [-0.15, -0.1) is 0 Å². The molecule has 0 saturated carbocycles. The van der Waals surface area contributed by atoms with Crippen LogP contribution in [-0.4, -0.2) is 21.2 Å². The van der Waals surface area contributed by atoms with Crippen molar-refractivity contribution in [3.63, 3.8) is 0 Å². The second-order valence-electron chi connectivity index (χ2n) is 4.22. The molecule has 1 heterocycles. The summed E-state index contributed by atoms with van der Waals surface area (Å²) in [5.41, 5.74) is 0.157. The topological polar surface area (TPSA) is 85.5 Å². The lowest BCUT2D eigenvalue weighted by Crippen LogP contribution is -2.01. The fourth-order valence-corrected chi connectivity index (χ4v) is 3.04. The van der Waals surface area contributed by atoms with Crippen LogP contribution in [0.2, 0.25) is 0 Å². The number of hydrogen-bond acceptors (Lipinski definition) is 5. The molecule has 0 amide bonds. The van der Waals surface area contributed by atoms with Crippen molar-refractivity contribution in [1.29, 1.82) is 0 Å². The van der Waals surface area contributed by atoms with E-state index in [9.17, 15) is 4.79 Å². The van der Waals surface area contributed by atoms with Crippen LogP contribution in [0.3, 0.4) is 0 Å². The Bertz CT molecular complexity index is 634. The van der Waals surface area contributed by atoms with Crippen molar-refractivity contribution >= 4 is 37.8 Å². The van der Waals surface area contributed by atoms with Gasteiger partial charge in [0.15, 0.2) is 12.4 Å². The molecular weight excluding hydrogens is 408 g/mol. The summed E-state index contributed by atoms with van der Waals surface area (Å²) in [6.45, 7) is 2.14. The number of halogens is 2. The smallest absolute Gasteiger partial charge is 0.335 e. The highest BCUT2D eigenvalue weighted by molar-refractivity contribution is 9.11. The van der Waals surface area contributed by atoms with Crippen LogP contribution < -0.4 is 4.74 Å². The Morgan fingerprint density at radius 3 is 2.62 bits per heavy atom. The zero-order valence-corrected chi connectivity index (χ0v) is 14.3. The van der Waals surface area contributed by atoms with E-state index in [4.69, 9.17) is 14.4 Å². The van der Waals surface area contributed by atoms with E-state index in [1.807, 2.05) is 6.92 Å². The molecule has 112 valence electrons. The van der Waals surface area contributed by atoms with Gasteiger partial charge in [-0.1, -0.05) is 12.1 Å². The molecule has 2 aromatic rings. The highest BCUT2D eigenvalue weighted by Crippen LogP contribution is 2.35. The van der Waals surface area contributed by atoms with Gasteiger partial charge >= 0.3 is 5.97 Å². The number of carbonyl (C=O) groups is 1. The van der Waals surface area contributed by atoms with Gasteiger partial charge in [0.05, 0.1) is 14.5 Å². The molecular formula is C13H12Br2N2O4. The van der Waals surface area contributed by atoms with E-state index in [0.29, 0.717) is 26.4 Å². The van der Waals surface area contributed by atoms with Crippen LogP contribution in [0.15, 0.2) is 25.6 Å². The standard InChI is InChI=1S/C13H12Br2N2O4/c1-2-3-10-16-11(21-17-10)6-20-12-8(14)4-7(13(18)19)5-9(12)15/h4-5H,2-3,6H2,1H3,(H,18,19). The molecule has 0 fully saturated rings. The number of aryl methyl sites for hydroxylation is 1. The third-order valence-electron chi connectivity index (χ3n) is 2.57. The van der Waals surface area contributed by atoms with Crippen molar-refractivity contribution < 1.29 is 19.2 Å². The molecule has 2 rings (SSSR count). The van der Waals surface area contributed by atoms with Crippen molar-refractivity contribution in [2.75, 3.05) is 0 Å². The summed E-state index contributed by atoms with van der Waals surface area (Å²) in [5.74, 6) is 0.495. The number of rotatable bonds is 6. The third kappa shape index (κ3) is 4.04. The maximum Gasteiger partial charge on any atom is 0.335 e. The van der Waals surface area contributed by atoms with E-state index in [0.717, 1.165) is 12.8 Å². The number of aromatic nitrogens is 2. The first-order valence-corrected chi connectivity index (χ1v) is 7.76. The average molecular weight is 420 g/mol. The normalized spacial score (nSPS) is 10.6. The van der Waals surface area contributed by atoms with Gasteiger partial charge < -0.3 is 14.4 Å². The Hall–Kier alpha value is -1.41. The van der Waals surface area contributed by atoms with Gasteiger partial charge in [-0.05, 0) is 50.4 Å². The molecule has 8 heteroatoms. The van der Waals surface area contributed by atoms with Gasteiger partial charge in [0.25, 0.3) is 5.89 Å². The maximum atomic E-state index is 10.9. The number of benzene rings is 1. The third-order valence-corrected chi connectivity index (χ3v) is 3.75. The van der Waals surface area contributed by atoms with Gasteiger partial charge in [0.1, 0.15) is 5.75 Å². The minimum atomic E-state index is -1.01. The fraction of sp³-hybridized carbons (Fsp3) is 0.308. The van der Waals surface area contributed by atoms with E-state index < -0.39 is 5.97 Å². The van der Waals surface area contributed by atoms with Crippen LogP contribution >= 0.6 is 31.9 Å². The largest absolute Gasteiger partial charge is 0.481 e. The van der Waals surface area contributed by atoms with Gasteiger partial charge in [-0.25, -0.2) is 4.79 Å². The summed E-state index contributed by atoms with van der Waals surface area (Å²) in [5, 5.41) is 12.8. The molecule has 0 radical (unpaired) electrons. The summed E-state index contributed by atoms with van der Waals surface area (Å²) in [6.07, 6.45) is 1.69. The van der Waals surface area contributed by atoms with Crippen LogP contribution in [0, 0.1) is 0 Å². The molecule has 1 aromatic heterocycles. The lowest BCUT2D eigenvalue weighted by atomic mass is 10.2. The monoisotopic (exact) mass is 418 g/mol. The Morgan fingerprint density at radius 2 is 2.05 bits per heavy atom. The first-order chi connectivity index (χ1) is 10.0. The Balaban J connectivity index is 2.10. The molecule has 0 unspecified atom stereocenters. The minimum Gasteiger partial charge on any atom is -0.481 e. The Labute approximate surface area is 137 Å². The van der Waals surface area contributed by atoms with E-state index in [1.54, 1.807) is 0 Å². The Morgan fingerprint density at radius 1 is 1.38 bits per heavy atom. The average Bonchev–Trinajstić information content (AvgIpc) is 2.85. The molecule has 0 bridgehead atoms. The quantitative estimate of drug-likeness (QED) is 0.765. The van der Waals surface area contributed by atoms with Crippen molar-refractivity contribution in [3.8, 4) is 5.75 Å². The summed E-state index contributed by atoms with van der Waals surface area (Å²) >= 11 is 6.57. The molecule has 0 spiro atoms. The predicted octanol–water partition coefficient (Wildman–Crippen LogP) is 3.82. The van der Waals surface area contributed by atoms with Crippen LogP contribution in [0.25, 0.3) is 0 Å². The SMILES string of the molecule is CCCc1noc(COc2c(Br)cc(C(=O)O)cc2Br)n1. The number of nitrogens with zero attached hydrogens (tertiary/aromatic N) is 2. The van der Waals surface area contributed by atoms with Crippen LogP contribution in [0.1, 0.15) is 35.4 Å². The number of hydrogen-bond donors (Lipinski definition) is 1. The minimum absolute atomic E-state index is 0.111. The number of carboxylic acids is 1. The molecule has 6 nitrogen and oxygen atoms in total. The number of carboxylic acid groups (broad SMARTS) is 1. The maximum absolute atomic E-state index is 10.9. The Kier molecular flexibility index (Phi) is 5.35. The number of ether oxygens (including phenoxy) is 1. The van der Waals surface area contributed by atoms with Crippen molar-refractivity contribution in [3.05, 3.63) is 38.4 Å². The first kappa shape index (κ1) is 16.0. The summed E-state index contributed by atoms with van der Waals surface area (Å²) in [6, 6.07) is 2.94. The highest BCUT2D eigenvalue weighted by atomic mass is 79.9. The van der Waals surface area contributed by atoms with E-state index in [1.165, 1.54) is 12.1 Å². The lowest BCUT2D eigenvalue weighted by Gasteiger charge is -2.09. The van der Waals surface area contributed by atoms with E-state index >= 15 is 0 Å². The molecule has 1 N–H and O–H groups in total. The van der Waals surface area contributed by atoms with Crippen LogP contribution in [0.4, 0.5) is 0 Å². The highest BCUT2D eigenvalue weighted by Gasteiger charge is 2.14. The number of aromatic carboxylic acids is 1. The van der Waals surface area contributed by atoms with E-state index in [-0.39, 0.29) is 12.2 Å². The molecule has 1 aromatic carbocycles. The summed E-state index contributed by atoms with van der Waals surface area (Å²) in [7, 11) is 0. The van der Waals surface area contributed by atoms with Gasteiger partial charge in [-0.2, -0.15) is 4.98 Å². The predicted molar refractivity (Wildman–Crippen MR) is 81.4 cm³/mol. The van der Waals surface area contributed by atoms with Gasteiger partial charge in [0.2, 0.25) is 0 Å². The van der Waals surface area contributed by atoms with Crippen LogP contribution in [0.5, 0.6) is 5.75 Å². The lowest BCUT2D eigenvalue weighted by molar-refractivity contribution is 0.0696. The molecule has 0 atom stereocenters. The van der Waals surface area contributed by atoms with E-state index in [2.05, 4.69) is 42.0 Å². The first-order valence-electron chi connectivity index (χ1n) is 6.17. The van der Waals surface area contributed by atoms with Crippen LogP contribution in [-0.2, 0) is 13.0 Å². The van der Waals surface area contributed by atoms with Crippen molar-refractivity contribution in [1.82, 2.24) is 10.1 Å². The molecule has 0 aliphatic heterocycles. The van der Waals surface area contributed by atoms with Crippen molar-refractivity contribution in [2.24, 2.45) is 0 Å². The summed E-state index contributed by atoms with van der Waals surface area (Å²) < 4.78 is 11.7. The fourth-order valence-electron chi connectivity index (χ4n) is 1.63. The zero-order chi connectivity index (χ0) is 15.4. The second-order valence-corrected chi connectivity index (χ2v) is 5.93. The van der Waals surface area contributed by atoms with Gasteiger partial charge in [-0.3, -0.25) is 0 Å². The second kappa shape index (κ2) is 7.04. The molecule has 21 heavy (non-hydrogen) atoms. The van der Waals surface area contributed by atoms with Crippen molar-refractivity contribution in [2.45, 2.75) is 26.4 Å². The molecule has 0 aliphatic rings. The summed E-state index contributed by atoms with van der Waals surface area (Å²) in [4.78, 5) is 15.1. The zero-order valence-electron chi connectivity index (χ0n) is 11.1.